The van der Waals surface area contributed by atoms with Crippen molar-refractivity contribution in [3.63, 3.8) is 0 Å². The highest BCUT2D eigenvalue weighted by atomic mass is 16.9. The fourth-order valence-electron chi connectivity index (χ4n) is 2.31. The molecule has 1 unspecified atom stereocenters. The molecule has 1 fully saturated rings. The minimum Gasteiger partial charge on any atom is -0.491 e. The second-order valence-corrected chi connectivity index (χ2v) is 6.39. The highest BCUT2D eigenvalue weighted by molar-refractivity contribution is 5.60. The molecule has 0 amide bonds. The molecule has 0 N–H and O–H groups in total. The zero-order valence-electron chi connectivity index (χ0n) is 14.3. The van der Waals surface area contributed by atoms with Gasteiger partial charge in [-0.05, 0) is 58.2 Å². The van der Waals surface area contributed by atoms with Gasteiger partial charge in [-0.2, -0.15) is 0 Å². The summed E-state index contributed by atoms with van der Waals surface area (Å²) in [6.07, 6.45) is 1.71. The van der Waals surface area contributed by atoms with Crippen LogP contribution in [0.2, 0.25) is 0 Å². The summed E-state index contributed by atoms with van der Waals surface area (Å²) in [6.45, 7) is 8.03. The summed E-state index contributed by atoms with van der Waals surface area (Å²) in [5.74, 6) is 0.101. The van der Waals surface area contributed by atoms with E-state index in [4.69, 9.17) is 18.9 Å². The van der Waals surface area contributed by atoms with E-state index in [0.29, 0.717) is 13.0 Å². The molecule has 0 bridgehead atoms. The first-order valence-corrected chi connectivity index (χ1v) is 8.18. The number of benzene rings is 1. The van der Waals surface area contributed by atoms with Gasteiger partial charge < -0.3 is 18.9 Å². The van der Waals surface area contributed by atoms with E-state index < -0.39 is 11.9 Å². The number of aryl methyl sites for hydroxylation is 1. The maximum Gasteiger partial charge on any atom is 0.511 e. The van der Waals surface area contributed by atoms with E-state index in [1.54, 1.807) is 13.8 Å². The van der Waals surface area contributed by atoms with Crippen LogP contribution in [0.1, 0.15) is 46.1 Å². The second-order valence-electron chi connectivity index (χ2n) is 6.39. The number of carbonyl (C=O) groups is 1. The van der Waals surface area contributed by atoms with Crippen LogP contribution in [0, 0.1) is 0 Å². The average molecular weight is 322 g/mol. The van der Waals surface area contributed by atoms with Crippen molar-refractivity contribution in [1.29, 1.82) is 0 Å². The van der Waals surface area contributed by atoms with Gasteiger partial charge in [0.05, 0.1) is 12.2 Å². The van der Waals surface area contributed by atoms with Crippen LogP contribution in [0.4, 0.5) is 4.79 Å². The molecule has 1 aromatic rings. The first kappa shape index (κ1) is 17.6. The maximum atomic E-state index is 11.5. The van der Waals surface area contributed by atoms with Gasteiger partial charge in [-0.3, -0.25) is 0 Å². The van der Waals surface area contributed by atoms with E-state index in [0.717, 1.165) is 18.6 Å². The fourth-order valence-corrected chi connectivity index (χ4v) is 2.31. The van der Waals surface area contributed by atoms with Gasteiger partial charge >= 0.3 is 6.16 Å². The Morgan fingerprint density at radius 1 is 1.26 bits per heavy atom. The van der Waals surface area contributed by atoms with Gasteiger partial charge in [0.15, 0.2) is 0 Å². The number of ether oxygens (including phenoxy) is 4. The molecule has 23 heavy (non-hydrogen) atoms. The predicted octanol–water partition coefficient (Wildman–Crippen LogP) is 4.08. The molecule has 1 heterocycles. The smallest absolute Gasteiger partial charge is 0.491 e. The van der Waals surface area contributed by atoms with E-state index in [1.807, 2.05) is 32.0 Å². The molecule has 0 saturated carbocycles. The Bertz CT molecular complexity index is 520. The van der Waals surface area contributed by atoms with Crippen LogP contribution in [-0.4, -0.2) is 30.8 Å². The van der Waals surface area contributed by atoms with Gasteiger partial charge in [-0.25, -0.2) is 4.79 Å². The summed E-state index contributed by atoms with van der Waals surface area (Å²) in [5, 5.41) is 0. The van der Waals surface area contributed by atoms with Crippen LogP contribution in [0.25, 0.3) is 0 Å². The van der Waals surface area contributed by atoms with Crippen LogP contribution in [0.3, 0.4) is 0 Å². The molecule has 0 radical (unpaired) electrons. The average Bonchev–Trinajstić information content (AvgIpc) is 3.17. The third-order valence-corrected chi connectivity index (χ3v) is 3.36. The number of hydrogen-bond donors (Lipinski definition) is 0. The van der Waals surface area contributed by atoms with Crippen molar-refractivity contribution in [1.82, 2.24) is 0 Å². The molecule has 1 saturated heterocycles. The number of carbonyl (C=O) groups excluding carboxylic acids is 1. The molecule has 0 aromatic heterocycles. The quantitative estimate of drug-likeness (QED) is 0.533. The molecule has 0 spiro atoms. The van der Waals surface area contributed by atoms with E-state index in [1.165, 1.54) is 5.56 Å². The van der Waals surface area contributed by atoms with E-state index in [2.05, 4.69) is 6.07 Å². The molecule has 128 valence electrons. The van der Waals surface area contributed by atoms with Crippen LogP contribution in [0.5, 0.6) is 5.75 Å². The molecule has 1 aliphatic rings. The predicted molar refractivity (Wildman–Crippen MR) is 86.5 cm³/mol. The third kappa shape index (κ3) is 6.10. The Hall–Kier alpha value is -1.75. The lowest BCUT2D eigenvalue weighted by Crippen LogP contribution is -2.24. The SMILES string of the molecule is CC(C)OC(=O)OC1(CCCc2cccc(OC(C)C)c2)CO1. The van der Waals surface area contributed by atoms with Crippen molar-refractivity contribution in [2.45, 2.75) is 65.0 Å². The molecule has 5 nitrogen and oxygen atoms in total. The summed E-state index contributed by atoms with van der Waals surface area (Å²) in [6, 6.07) is 8.07. The van der Waals surface area contributed by atoms with E-state index in [9.17, 15) is 4.79 Å². The van der Waals surface area contributed by atoms with Crippen molar-refractivity contribution < 1.29 is 23.7 Å². The normalized spacial score (nSPS) is 19.7. The maximum absolute atomic E-state index is 11.5. The zero-order chi connectivity index (χ0) is 16.9. The van der Waals surface area contributed by atoms with Crippen LogP contribution in [-0.2, 0) is 20.6 Å². The minimum atomic E-state index is -0.780. The largest absolute Gasteiger partial charge is 0.511 e. The minimum absolute atomic E-state index is 0.161. The summed E-state index contributed by atoms with van der Waals surface area (Å²) in [7, 11) is 0. The summed E-state index contributed by atoms with van der Waals surface area (Å²) >= 11 is 0. The molecular formula is C18H26O5. The monoisotopic (exact) mass is 322 g/mol. The van der Waals surface area contributed by atoms with Gasteiger partial charge in [0.2, 0.25) is 5.79 Å². The summed E-state index contributed by atoms with van der Waals surface area (Å²) in [5.41, 5.74) is 1.20. The van der Waals surface area contributed by atoms with Gasteiger partial charge in [-0.15, -0.1) is 0 Å². The molecule has 2 rings (SSSR count). The second kappa shape index (κ2) is 7.68. The van der Waals surface area contributed by atoms with E-state index in [-0.39, 0.29) is 12.2 Å². The first-order chi connectivity index (χ1) is 10.9. The number of epoxide rings is 1. The van der Waals surface area contributed by atoms with Crippen molar-refractivity contribution in [3.05, 3.63) is 29.8 Å². The van der Waals surface area contributed by atoms with Crippen LogP contribution >= 0.6 is 0 Å². The van der Waals surface area contributed by atoms with Crippen molar-refractivity contribution in [2.75, 3.05) is 6.61 Å². The lowest BCUT2D eigenvalue weighted by Gasteiger charge is -2.15. The first-order valence-electron chi connectivity index (χ1n) is 8.18. The summed E-state index contributed by atoms with van der Waals surface area (Å²) < 4.78 is 21.3. The third-order valence-electron chi connectivity index (χ3n) is 3.36. The Labute approximate surface area is 137 Å². The Morgan fingerprint density at radius 3 is 2.61 bits per heavy atom. The zero-order valence-corrected chi connectivity index (χ0v) is 14.3. The molecule has 1 aromatic carbocycles. The topological polar surface area (TPSA) is 57.3 Å². The highest BCUT2D eigenvalue weighted by Crippen LogP contribution is 2.34. The Kier molecular flexibility index (Phi) is 5.88. The number of hydrogen-bond acceptors (Lipinski definition) is 5. The standard InChI is InChI=1S/C18H26O5/c1-13(2)21-16-9-5-7-15(11-16)8-6-10-18(12-20-18)23-17(19)22-14(3)4/h5,7,9,11,13-14H,6,8,10,12H2,1-4H3. The van der Waals surface area contributed by atoms with Gasteiger partial charge in [0.1, 0.15) is 12.4 Å². The lowest BCUT2D eigenvalue weighted by atomic mass is 10.1. The molecule has 1 aliphatic heterocycles. The van der Waals surface area contributed by atoms with Crippen molar-refractivity contribution in [3.8, 4) is 5.75 Å². The van der Waals surface area contributed by atoms with Crippen molar-refractivity contribution >= 4 is 6.16 Å². The van der Waals surface area contributed by atoms with Gasteiger partial charge in [-0.1, -0.05) is 12.1 Å². The molecular weight excluding hydrogens is 296 g/mol. The Morgan fingerprint density at radius 2 is 2.00 bits per heavy atom. The molecule has 5 heteroatoms. The fraction of sp³-hybridized carbons (Fsp3) is 0.611. The number of rotatable bonds is 8. The lowest BCUT2D eigenvalue weighted by molar-refractivity contribution is -0.0482. The molecule has 1 atom stereocenters. The van der Waals surface area contributed by atoms with Crippen LogP contribution < -0.4 is 4.74 Å². The Balaban J connectivity index is 1.77. The summed E-state index contributed by atoms with van der Waals surface area (Å²) in [4.78, 5) is 11.5. The van der Waals surface area contributed by atoms with Gasteiger partial charge in [0.25, 0.3) is 0 Å². The highest BCUT2D eigenvalue weighted by Gasteiger charge is 2.49. The molecule has 0 aliphatic carbocycles. The van der Waals surface area contributed by atoms with E-state index >= 15 is 0 Å². The van der Waals surface area contributed by atoms with Crippen LogP contribution in [0.15, 0.2) is 24.3 Å². The van der Waals surface area contributed by atoms with Gasteiger partial charge in [0, 0.05) is 6.42 Å². The van der Waals surface area contributed by atoms with Crippen molar-refractivity contribution in [2.24, 2.45) is 0 Å².